The molecule has 2 aromatic rings. The summed E-state index contributed by atoms with van der Waals surface area (Å²) in [5.74, 6) is 0.745. The van der Waals surface area contributed by atoms with Crippen LogP contribution >= 0.6 is 22.9 Å². The van der Waals surface area contributed by atoms with Gasteiger partial charge in [0.05, 0.1) is 17.1 Å². The molecule has 1 aromatic carbocycles. The van der Waals surface area contributed by atoms with Gasteiger partial charge in [-0.15, -0.1) is 11.3 Å². The third-order valence-corrected chi connectivity index (χ3v) is 5.08. The molecule has 0 aliphatic rings. The number of hydrogen-bond donors (Lipinski definition) is 1. The quantitative estimate of drug-likeness (QED) is 0.687. The maximum Gasteiger partial charge on any atom is 0.226 e. The smallest absolute Gasteiger partial charge is 0.226 e. The van der Waals surface area contributed by atoms with Crippen LogP contribution in [0.1, 0.15) is 45.7 Å². The van der Waals surface area contributed by atoms with Crippen molar-refractivity contribution < 1.29 is 4.79 Å². The largest absolute Gasteiger partial charge is 0.353 e. The van der Waals surface area contributed by atoms with E-state index in [0.717, 1.165) is 29.1 Å². The van der Waals surface area contributed by atoms with Gasteiger partial charge in [-0.2, -0.15) is 0 Å². The minimum atomic E-state index is 0.0306. The Morgan fingerprint density at radius 3 is 2.71 bits per heavy atom. The summed E-state index contributed by atoms with van der Waals surface area (Å²) in [6.45, 7) is 6.51. The topological polar surface area (TPSA) is 42.0 Å². The van der Waals surface area contributed by atoms with E-state index in [-0.39, 0.29) is 11.9 Å². The van der Waals surface area contributed by atoms with E-state index in [1.807, 2.05) is 29.6 Å². The molecule has 5 heteroatoms. The van der Waals surface area contributed by atoms with Gasteiger partial charge in [-0.1, -0.05) is 56.5 Å². The molecule has 0 radical (unpaired) electrons. The van der Waals surface area contributed by atoms with E-state index in [9.17, 15) is 4.79 Å². The van der Waals surface area contributed by atoms with E-state index >= 15 is 0 Å². The molecule has 130 valence electrons. The summed E-state index contributed by atoms with van der Waals surface area (Å²) in [4.78, 5) is 16.7. The highest BCUT2D eigenvalue weighted by atomic mass is 35.5. The van der Waals surface area contributed by atoms with Crippen molar-refractivity contribution in [2.75, 3.05) is 0 Å². The van der Waals surface area contributed by atoms with E-state index in [4.69, 9.17) is 11.6 Å². The van der Waals surface area contributed by atoms with Crippen LogP contribution in [0.15, 0.2) is 29.6 Å². The summed E-state index contributed by atoms with van der Waals surface area (Å²) in [7, 11) is 0. The molecule has 1 unspecified atom stereocenters. The van der Waals surface area contributed by atoms with E-state index in [1.165, 1.54) is 17.8 Å². The number of aromatic nitrogens is 1. The predicted molar refractivity (Wildman–Crippen MR) is 103 cm³/mol. The highest BCUT2D eigenvalue weighted by Crippen LogP contribution is 2.30. The van der Waals surface area contributed by atoms with Crippen LogP contribution in [0.25, 0.3) is 10.6 Å². The van der Waals surface area contributed by atoms with Crippen LogP contribution < -0.4 is 5.32 Å². The van der Waals surface area contributed by atoms with Crippen LogP contribution in [0.5, 0.6) is 0 Å². The van der Waals surface area contributed by atoms with Crippen LogP contribution in [-0.2, 0) is 11.2 Å². The molecule has 1 atom stereocenters. The van der Waals surface area contributed by atoms with Crippen molar-refractivity contribution in [3.05, 3.63) is 40.4 Å². The Balaban J connectivity index is 1.86. The number of amides is 1. The molecule has 1 N–H and O–H groups in total. The van der Waals surface area contributed by atoms with Crippen molar-refractivity contribution in [3.8, 4) is 10.6 Å². The lowest BCUT2D eigenvalue weighted by atomic mass is 10.0. The predicted octanol–water partition coefficient (Wildman–Crippen LogP) is 5.34. The summed E-state index contributed by atoms with van der Waals surface area (Å²) < 4.78 is 0. The van der Waals surface area contributed by atoms with Gasteiger partial charge in [-0.05, 0) is 25.3 Å². The number of nitrogens with zero attached hydrogens (tertiary/aromatic N) is 1. The van der Waals surface area contributed by atoms with Gasteiger partial charge in [0.2, 0.25) is 5.91 Å². The molecule has 1 aromatic heterocycles. The van der Waals surface area contributed by atoms with E-state index in [2.05, 4.69) is 31.1 Å². The molecule has 0 saturated carbocycles. The lowest BCUT2D eigenvalue weighted by Crippen LogP contribution is -2.33. The van der Waals surface area contributed by atoms with Crippen LogP contribution in [0, 0.1) is 5.92 Å². The minimum Gasteiger partial charge on any atom is -0.353 e. The molecular weight excluding hydrogens is 340 g/mol. The van der Waals surface area contributed by atoms with Crippen molar-refractivity contribution in [1.82, 2.24) is 10.3 Å². The van der Waals surface area contributed by atoms with Crippen molar-refractivity contribution in [2.45, 2.75) is 52.5 Å². The van der Waals surface area contributed by atoms with Crippen molar-refractivity contribution in [3.63, 3.8) is 0 Å². The van der Waals surface area contributed by atoms with Crippen LogP contribution in [0.4, 0.5) is 0 Å². The van der Waals surface area contributed by atoms with E-state index in [0.29, 0.717) is 17.4 Å². The van der Waals surface area contributed by atoms with Gasteiger partial charge in [-0.25, -0.2) is 4.98 Å². The fraction of sp³-hybridized carbons (Fsp3) is 0.474. The monoisotopic (exact) mass is 364 g/mol. The Kier molecular flexibility index (Phi) is 7.25. The second-order valence-electron chi connectivity index (χ2n) is 6.59. The molecule has 0 aliphatic carbocycles. The Labute approximate surface area is 153 Å². The van der Waals surface area contributed by atoms with Crippen molar-refractivity contribution in [1.29, 1.82) is 0 Å². The fourth-order valence-electron chi connectivity index (χ4n) is 2.54. The average molecular weight is 365 g/mol. The van der Waals surface area contributed by atoms with Gasteiger partial charge < -0.3 is 5.32 Å². The van der Waals surface area contributed by atoms with Crippen molar-refractivity contribution >= 4 is 28.8 Å². The standard InChI is InChI=1S/C19H25ClN2OS/c1-13(2)7-6-8-14(3)21-18(23)11-15-12-24-19(22-15)16-9-4-5-10-17(16)20/h4-5,9-10,12-14H,6-8,11H2,1-3H3,(H,21,23). The lowest BCUT2D eigenvalue weighted by Gasteiger charge is -2.14. The Hall–Kier alpha value is -1.39. The molecule has 24 heavy (non-hydrogen) atoms. The third kappa shape index (κ3) is 5.91. The Morgan fingerprint density at radius 2 is 2.00 bits per heavy atom. The maximum absolute atomic E-state index is 12.2. The summed E-state index contributed by atoms with van der Waals surface area (Å²) >= 11 is 7.72. The minimum absolute atomic E-state index is 0.0306. The molecule has 2 rings (SSSR count). The Bertz CT molecular complexity index is 669. The molecule has 3 nitrogen and oxygen atoms in total. The van der Waals surface area contributed by atoms with Gasteiger partial charge in [0.1, 0.15) is 5.01 Å². The SMILES string of the molecule is CC(C)CCCC(C)NC(=O)Cc1csc(-c2ccccc2Cl)n1. The number of nitrogens with one attached hydrogen (secondary N) is 1. The summed E-state index contributed by atoms with van der Waals surface area (Å²) in [5.41, 5.74) is 1.71. The third-order valence-electron chi connectivity index (χ3n) is 3.82. The first-order valence-electron chi connectivity index (χ1n) is 8.44. The highest BCUT2D eigenvalue weighted by molar-refractivity contribution is 7.13. The highest BCUT2D eigenvalue weighted by Gasteiger charge is 2.12. The molecule has 0 spiro atoms. The summed E-state index contributed by atoms with van der Waals surface area (Å²) in [6, 6.07) is 7.84. The van der Waals surface area contributed by atoms with E-state index in [1.54, 1.807) is 0 Å². The maximum atomic E-state index is 12.2. The molecule has 1 heterocycles. The Morgan fingerprint density at radius 1 is 1.25 bits per heavy atom. The summed E-state index contributed by atoms with van der Waals surface area (Å²) in [5, 5.41) is 6.53. The molecule has 0 aliphatic heterocycles. The zero-order valence-corrected chi connectivity index (χ0v) is 16.1. The summed E-state index contributed by atoms with van der Waals surface area (Å²) in [6.07, 6.45) is 3.68. The first kappa shape index (κ1) is 18.9. The van der Waals surface area contributed by atoms with Crippen molar-refractivity contribution in [2.24, 2.45) is 5.92 Å². The zero-order valence-electron chi connectivity index (χ0n) is 14.5. The average Bonchev–Trinajstić information content (AvgIpc) is 2.95. The number of rotatable bonds is 8. The van der Waals surface area contributed by atoms with Gasteiger partial charge in [-0.3, -0.25) is 4.79 Å². The lowest BCUT2D eigenvalue weighted by molar-refractivity contribution is -0.121. The van der Waals surface area contributed by atoms with Crippen LogP contribution in [0.2, 0.25) is 5.02 Å². The normalized spacial score (nSPS) is 12.4. The molecule has 0 bridgehead atoms. The van der Waals surface area contributed by atoms with Crippen LogP contribution in [-0.4, -0.2) is 16.9 Å². The van der Waals surface area contributed by atoms with Gasteiger partial charge in [0.25, 0.3) is 0 Å². The first-order valence-corrected chi connectivity index (χ1v) is 9.70. The van der Waals surface area contributed by atoms with Crippen LogP contribution in [0.3, 0.4) is 0 Å². The van der Waals surface area contributed by atoms with Gasteiger partial charge in [0.15, 0.2) is 0 Å². The number of hydrogen-bond acceptors (Lipinski definition) is 3. The molecular formula is C19H25ClN2OS. The zero-order chi connectivity index (χ0) is 17.5. The number of benzene rings is 1. The van der Waals surface area contributed by atoms with E-state index < -0.39 is 0 Å². The molecule has 0 fully saturated rings. The number of thiazole rings is 1. The van der Waals surface area contributed by atoms with Gasteiger partial charge >= 0.3 is 0 Å². The number of halogens is 1. The fourth-order valence-corrected chi connectivity index (χ4v) is 3.68. The second-order valence-corrected chi connectivity index (χ2v) is 7.86. The number of carbonyl (C=O) groups excluding carboxylic acids is 1. The second kappa shape index (κ2) is 9.19. The van der Waals surface area contributed by atoms with Gasteiger partial charge in [0, 0.05) is 17.0 Å². The molecule has 0 saturated heterocycles. The number of carbonyl (C=O) groups is 1. The molecule has 1 amide bonds. The first-order chi connectivity index (χ1) is 11.5.